The van der Waals surface area contributed by atoms with Crippen molar-refractivity contribution in [3.63, 3.8) is 0 Å². The van der Waals surface area contributed by atoms with Gasteiger partial charge in [0, 0.05) is 17.8 Å². The van der Waals surface area contributed by atoms with E-state index in [4.69, 9.17) is 10.8 Å². The molecule has 3 N–H and O–H groups in total. The van der Waals surface area contributed by atoms with Crippen molar-refractivity contribution in [2.24, 2.45) is 0 Å². The van der Waals surface area contributed by atoms with E-state index in [9.17, 15) is 31.1 Å². The number of halogens is 6. The largest absolute Gasteiger partial charge is 0.465 e. The molecule has 1 aliphatic heterocycles. The van der Waals surface area contributed by atoms with E-state index in [-0.39, 0.29) is 18.7 Å². The molecular formula is C15H16F6N2O3. The molecule has 0 spiro atoms. The van der Waals surface area contributed by atoms with Gasteiger partial charge < -0.3 is 20.5 Å². The number of nitrogen functional groups attached to an aromatic ring is 1. The Bertz CT molecular complexity index is 648. The number of ether oxygens (including phenoxy) is 1. The third-order valence-electron chi connectivity index (χ3n) is 4.21. The number of alkyl halides is 6. The molecule has 0 bridgehead atoms. The van der Waals surface area contributed by atoms with Crippen molar-refractivity contribution >= 4 is 11.8 Å². The molecule has 5 nitrogen and oxygen atoms in total. The highest BCUT2D eigenvalue weighted by Gasteiger charge is 2.73. The number of rotatable bonds is 4. The summed E-state index contributed by atoms with van der Waals surface area (Å²) in [4.78, 5) is 11.8. The Labute approximate surface area is 144 Å². The molecule has 1 heterocycles. The molecule has 1 aromatic rings. The smallest absolute Gasteiger partial charge is 0.430 e. The van der Waals surface area contributed by atoms with Crippen LogP contribution < -0.4 is 5.73 Å². The highest BCUT2D eigenvalue weighted by atomic mass is 19.4. The third kappa shape index (κ3) is 3.53. The number of likely N-dealkylation sites (tertiary alicyclic amines) is 1. The molecule has 1 atom stereocenters. The Kier molecular flexibility index (Phi) is 5.31. The molecule has 0 aromatic heterocycles. The zero-order chi connectivity index (χ0) is 19.8. The van der Waals surface area contributed by atoms with E-state index in [0.717, 1.165) is 17.0 Å². The number of nitrogens with zero attached hydrogens (tertiary/aromatic N) is 1. The van der Waals surface area contributed by atoms with Gasteiger partial charge >= 0.3 is 18.4 Å². The first-order valence-electron chi connectivity index (χ1n) is 7.53. The van der Waals surface area contributed by atoms with Crippen LogP contribution in [-0.4, -0.2) is 47.6 Å². The first kappa shape index (κ1) is 20.1. The minimum Gasteiger partial charge on any atom is -0.465 e. The zero-order valence-electron chi connectivity index (χ0n) is 13.3. The zero-order valence-corrected chi connectivity index (χ0v) is 13.3. The molecule has 1 amide bonds. The normalized spacial score (nSPS) is 19.0. The summed E-state index contributed by atoms with van der Waals surface area (Å²) in [6.45, 7) is -1.03. The fourth-order valence-electron chi connectivity index (χ4n) is 2.97. The number of carbonyl (C=O) groups is 1. The lowest BCUT2D eigenvalue weighted by Gasteiger charge is -2.38. The SMILES string of the molecule is Nc1cccc(C(OCC2CCCN2C(=O)O)(C(F)(F)F)C(F)(F)F)c1. The van der Waals surface area contributed by atoms with Gasteiger partial charge in [0.2, 0.25) is 0 Å². The van der Waals surface area contributed by atoms with Gasteiger partial charge in [0.05, 0.1) is 12.6 Å². The molecule has 0 radical (unpaired) electrons. The molecule has 11 heteroatoms. The van der Waals surface area contributed by atoms with Crippen molar-refractivity contribution in [2.45, 2.75) is 36.8 Å². The predicted molar refractivity (Wildman–Crippen MR) is 78.3 cm³/mol. The topological polar surface area (TPSA) is 75.8 Å². The van der Waals surface area contributed by atoms with Crippen LogP contribution in [0.2, 0.25) is 0 Å². The van der Waals surface area contributed by atoms with Crippen LogP contribution in [0.3, 0.4) is 0 Å². The summed E-state index contributed by atoms with van der Waals surface area (Å²) in [5.74, 6) is 0. The Morgan fingerprint density at radius 3 is 2.35 bits per heavy atom. The minimum atomic E-state index is -5.84. The van der Waals surface area contributed by atoms with Crippen LogP contribution in [-0.2, 0) is 10.3 Å². The molecule has 0 saturated carbocycles. The van der Waals surface area contributed by atoms with Gasteiger partial charge in [-0.05, 0) is 25.0 Å². The summed E-state index contributed by atoms with van der Waals surface area (Å²) in [6.07, 6.45) is -12.7. The maximum Gasteiger partial charge on any atom is 0.430 e. The van der Waals surface area contributed by atoms with Gasteiger partial charge in [0.15, 0.2) is 0 Å². The first-order chi connectivity index (χ1) is 11.9. The summed E-state index contributed by atoms with van der Waals surface area (Å²) in [5, 5.41) is 9.00. The van der Waals surface area contributed by atoms with Crippen LogP contribution in [0.4, 0.5) is 36.8 Å². The van der Waals surface area contributed by atoms with Crippen LogP contribution in [0.15, 0.2) is 24.3 Å². The molecule has 1 aromatic carbocycles. The standard InChI is InChI=1S/C15H16F6N2O3/c16-14(17,18)13(15(19,20)21,9-3-1-4-10(22)7-9)26-8-11-5-2-6-23(11)12(24)25/h1,3-4,7,11H,2,5-6,8,22H2,(H,24,25). The number of hydrogen-bond donors (Lipinski definition) is 2. The van der Waals surface area contributed by atoms with Gasteiger partial charge in [0.1, 0.15) is 0 Å². The van der Waals surface area contributed by atoms with Crippen LogP contribution in [0.1, 0.15) is 18.4 Å². The van der Waals surface area contributed by atoms with Gasteiger partial charge in [-0.15, -0.1) is 0 Å². The van der Waals surface area contributed by atoms with Crippen molar-refractivity contribution in [1.29, 1.82) is 0 Å². The fourth-order valence-corrected chi connectivity index (χ4v) is 2.97. The maximum absolute atomic E-state index is 13.6. The van der Waals surface area contributed by atoms with E-state index in [2.05, 4.69) is 4.74 Å². The van der Waals surface area contributed by atoms with Gasteiger partial charge in [-0.3, -0.25) is 0 Å². The van der Waals surface area contributed by atoms with Crippen LogP contribution in [0, 0.1) is 0 Å². The quantitative estimate of drug-likeness (QED) is 0.611. The summed E-state index contributed by atoms with van der Waals surface area (Å²) in [5.41, 5.74) is -0.768. The Morgan fingerprint density at radius 1 is 1.23 bits per heavy atom. The Morgan fingerprint density at radius 2 is 1.85 bits per heavy atom. The molecule has 2 rings (SSSR count). The summed E-state index contributed by atoms with van der Waals surface area (Å²) in [7, 11) is 0. The Hall–Kier alpha value is -2.17. The van der Waals surface area contributed by atoms with E-state index >= 15 is 0 Å². The van der Waals surface area contributed by atoms with Gasteiger partial charge in [-0.1, -0.05) is 12.1 Å². The van der Waals surface area contributed by atoms with Crippen molar-refractivity contribution in [2.75, 3.05) is 18.9 Å². The van der Waals surface area contributed by atoms with E-state index in [0.29, 0.717) is 18.6 Å². The number of carboxylic acid groups (broad SMARTS) is 1. The lowest BCUT2D eigenvalue weighted by atomic mass is 9.91. The number of benzene rings is 1. The van der Waals surface area contributed by atoms with Crippen LogP contribution in [0.5, 0.6) is 0 Å². The molecule has 26 heavy (non-hydrogen) atoms. The molecular weight excluding hydrogens is 370 g/mol. The average Bonchev–Trinajstić information content (AvgIpc) is 2.93. The van der Waals surface area contributed by atoms with Gasteiger partial charge in [-0.25, -0.2) is 4.79 Å². The second kappa shape index (κ2) is 6.86. The number of anilines is 1. The van der Waals surface area contributed by atoms with E-state index in [1.165, 1.54) is 0 Å². The second-order valence-corrected chi connectivity index (χ2v) is 5.89. The summed E-state index contributed by atoms with van der Waals surface area (Å²) >= 11 is 0. The second-order valence-electron chi connectivity index (χ2n) is 5.89. The van der Waals surface area contributed by atoms with Crippen LogP contribution >= 0.6 is 0 Å². The highest BCUT2D eigenvalue weighted by molar-refractivity contribution is 5.65. The summed E-state index contributed by atoms with van der Waals surface area (Å²) < 4.78 is 86.1. The number of hydrogen-bond acceptors (Lipinski definition) is 3. The van der Waals surface area contributed by atoms with E-state index in [1.807, 2.05) is 0 Å². The maximum atomic E-state index is 13.6. The van der Waals surface area contributed by atoms with E-state index in [1.54, 1.807) is 0 Å². The predicted octanol–water partition coefficient (Wildman–Crippen LogP) is 3.75. The number of amides is 1. The van der Waals surface area contributed by atoms with Crippen molar-refractivity contribution in [1.82, 2.24) is 4.90 Å². The molecule has 0 aliphatic carbocycles. The molecule has 1 aliphatic rings. The van der Waals surface area contributed by atoms with Crippen LogP contribution in [0.25, 0.3) is 0 Å². The van der Waals surface area contributed by atoms with Crippen molar-refractivity contribution < 1.29 is 41.0 Å². The lowest BCUT2D eigenvalue weighted by molar-refractivity contribution is -0.390. The molecule has 1 unspecified atom stereocenters. The summed E-state index contributed by atoms with van der Waals surface area (Å²) in [6, 6.07) is 2.17. The lowest BCUT2D eigenvalue weighted by Crippen LogP contribution is -2.57. The molecule has 1 fully saturated rings. The van der Waals surface area contributed by atoms with E-state index < -0.39 is 42.3 Å². The first-order valence-corrected chi connectivity index (χ1v) is 7.53. The Balaban J connectivity index is 2.45. The fraction of sp³-hybridized carbons (Fsp3) is 0.533. The third-order valence-corrected chi connectivity index (χ3v) is 4.21. The highest BCUT2D eigenvalue weighted by Crippen LogP contribution is 2.53. The average molecular weight is 386 g/mol. The minimum absolute atomic E-state index is 0.0205. The number of nitrogens with two attached hydrogens (primary N) is 1. The van der Waals surface area contributed by atoms with Crippen molar-refractivity contribution in [3.8, 4) is 0 Å². The van der Waals surface area contributed by atoms with Gasteiger partial charge in [-0.2, -0.15) is 26.3 Å². The molecule has 146 valence electrons. The molecule has 1 saturated heterocycles. The monoisotopic (exact) mass is 386 g/mol. The van der Waals surface area contributed by atoms with Gasteiger partial charge in [0.25, 0.3) is 5.60 Å². The van der Waals surface area contributed by atoms with Crippen molar-refractivity contribution in [3.05, 3.63) is 29.8 Å².